The van der Waals surface area contributed by atoms with Crippen LogP contribution < -0.4 is 0 Å². The number of likely N-dealkylation sites (tertiary alicyclic amines) is 2. The Labute approximate surface area is 157 Å². The molecule has 3 aliphatic heterocycles. The lowest BCUT2D eigenvalue weighted by Gasteiger charge is -2.50. The van der Waals surface area contributed by atoms with Crippen LogP contribution in [0.3, 0.4) is 0 Å². The van der Waals surface area contributed by atoms with Crippen molar-refractivity contribution in [1.29, 1.82) is 0 Å². The van der Waals surface area contributed by atoms with Gasteiger partial charge in [0.05, 0.1) is 11.0 Å². The third-order valence-electron chi connectivity index (χ3n) is 7.05. The number of nitrogens with zero attached hydrogens (tertiary/aromatic N) is 3. The first-order chi connectivity index (χ1) is 11.9. The van der Waals surface area contributed by atoms with Gasteiger partial charge in [0.15, 0.2) is 0 Å². The second kappa shape index (κ2) is 8.37. The first-order valence-electron chi connectivity index (χ1n) is 10.5. The van der Waals surface area contributed by atoms with Crippen LogP contribution in [0.1, 0.15) is 66.2 Å². The largest absolute Gasteiger partial charge is 0.301 e. The summed E-state index contributed by atoms with van der Waals surface area (Å²) >= 11 is 0. The third-order valence-corrected chi connectivity index (χ3v) is 8.73. The molecule has 0 radical (unpaired) electrons. The first kappa shape index (κ1) is 19.8. The zero-order valence-electron chi connectivity index (χ0n) is 16.9. The van der Waals surface area contributed by atoms with Gasteiger partial charge in [-0.25, -0.2) is 8.51 Å². The highest BCUT2D eigenvalue weighted by atomic mass is 32.2. The summed E-state index contributed by atoms with van der Waals surface area (Å²) in [5.41, 5.74) is 0.641. The fraction of sp³-hybridized carbons (Fsp3) is 1.00. The van der Waals surface area contributed by atoms with Crippen LogP contribution in [0.25, 0.3) is 0 Å². The van der Waals surface area contributed by atoms with Gasteiger partial charge in [-0.2, -0.15) is 0 Å². The lowest BCUT2D eigenvalue weighted by Crippen LogP contribution is -2.52. The minimum absolute atomic E-state index is 0.253. The van der Waals surface area contributed by atoms with Gasteiger partial charge < -0.3 is 9.80 Å². The van der Waals surface area contributed by atoms with Crippen LogP contribution in [-0.2, 0) is 11.0 Å². The van der Waals surface area contributed by atoms with Crippen LogP contribution in [0.4, 0.5) is 0 Å². The van der Waals surface area contributed by atoms with E-state index in [2.05, 4.69) is 41.8 Å². The van der Waals surface area contributed by atoms with Gasteiger partial charge in [-0.1, -0.05) is 0 Å². The van der Waals surface area contributed by atoms with Gasteiger partial charge in [-0.3, -0.25) is 0 Å². The van der Waals surface area contributed by atoms with Crippen LogP contribution in [0.5, 0.6) is 0 Å². The summed E-state index contributed by atoms with van der Waals surface area (Å²) in [7, 11) is -0.784. The molecule has 0 aromatic heterocycles. The van der Waals surface area contributed by atoms with Crippen molar-refractivity contribution in [1.82, 2.24) is 14.1 Å². The molecule has 3 saturated heterocycles. The van der Waals surface area contributed by atoms with E-state index >= 15 is 0 Å². The molecule has 1 spiro atoms. The van der Waals surface area contributed by atoms with Gasteiger partial charge in [-0.15, -0.1) is 0 Å². The molecule has 3 fully saturated rings. The molecule has 0 amide bonds. The molecule has 1 unspecified atom stereocenters. The topological polar surface area (TPSA) is 26.8 Å². The number of hydrogen-bond acceptors (Lipinski definition) is 3. The van der Waals surface area contributed by atoms with Gasteiger partial charge in [-0.05, 0) is 97.8 Å². The molecule has 0 bridgehead atoms. The Hall–Kier alpha value is 0.0300. The fourth-order valence-corrected chi connectivity index (χ4v) is 6.23. The summed E-state index contributed by atoms with van der Waals surface area (Å²) in [5.74, 6) is 0. The molecule has 146 valence electrons. The third kappa shape index (κ3) is 4.66. The van der Waals surface area contributed by atoms with E-state index in [-0.39, 0.29) is 5.25 Å². The Morgan fingerprint density at radius 1 is 0.840 bits per heavy atom. The van der Waals surface area contributed by atoms with Crippen molar-refractivity contribution in [2.24, 2.45) is 5.41 Å². The van der Waals surface area contributed by atoms with Crippen LogP contribution in [0.15, 0.2) is 0 Å². The normalized spacial score (nSPS) is 28.9. The van der Waals surface area contributed by atoms with E-state index in [0.717, 1.165) is 19.1 Å². The average molecular weight is 370 g/mol. The molecular formula is C20H39N3OS. The zero-order chi connectivity index (χ0) is 18.0. The predicted molar refractivity (Wildman–Crippen MR) is 107 cm³/mol. The maximum absolute atomic E-state index is 12.3. The van der Waals surface area contributed by atoms with Crippen molar-refractivity contribution >= 4 is 11.0 Å². The van der Waals surface area contributed by atoms with E-state index in [1.165, 1.54) is 64.7 Å². The maximum atomic E-state index is 12.3. The standard InChI is InChI=1S/C20H39N3OS/c1-17(2)21-13-7-20(8-14-21)9-15-22(16-10-20)19-5-11-23(12-6-19)25(24)18(3)4/h17-19H,5-16H2,1-4H3. The molecule has 0 aromatic rings. The van der Waals surface area contributed by atoms with E-state index in [9.17, 15) is 4.21 Å². The van der Waals surface area contributed by atoms with Crippen molar-refractivity contribution in [3.8, 4) is 0 Å². The summed E-state index contributed by atoms with van der Waals surface area (Å²) in [5, 5.41) is 0.253. The Morgan fingerprint density at radius 2 is 1.36 bits per heavy atom. The van der Waals surface area contributed by atoms with E-state index < -0.39 is 11.0 Å². The van der Waals surface area contributed by atoms with Crippen molar-refractivity contribution in [3.63, 3.8) is 0 Å². The van der Waals surface area contributed by atoms with Gasteiger partial charge in [0.1, 0.15) is 0 Å². The van der Waals surface area contributed by atoms with Crippen molar-refractivity contribution in [2.45, 2.75) is 83.6 Å². The molecule has 0 saturated carbocycles. The minimum atomic E-state index is -0.784. The summed E-state index contributed by atoms with van der Waals surface area (Å²) in [6, 6.07) is 1.44. The quantitative estimate of drug-likeness (QED) is 0.762. The second-order valence-corrected chi connectivity index (χ2v) is 11.2. The Bertz CT molecular complexity index is 442. The highest BCUT2D eigenvalue weighted by Gasteiger charge is 2.39. The van der Waals surface area contributed by atoms with Gasteiger partial charge in [0, 0.05) is 30.4 Å². The fourth-order valence-electron chi connectivity index (χ4n) is 5.06. The van der Waals surface area contributed by atoms with E-state index in [0.29, 0.717) is 11.5 Å². The lowest BCUT2D eigenvalue weighted by molar-refractivity contribution is 0.00513. The molecule has 3 aliphatic rings. The van der Waals surface area contributed by atoms with Gasteiger partial charge in [0.2, 0.25) is 0 Å². The predicted octanol–water partition coefficient (Wildman–Crippen LogP) is 3.11. The lowest BCUT2D eigenvalue weighted by atomic mass is 9.70. The number of hydrogen-bond donors (Lipinski definition) is 0. The molecule has 0 aromatic carbocycles. The minimum Gasteiger partial charge on any atom is -0.301 e. The molecular weight excluding hydrogens is 330 g/mol. The van der Waals surface area contributed by atoms with E-state index in [1.807, 2.05) is 0 Å². The van der Waals surface area contributed by atoms with Crippen LogP contribution in [-0.4, -0.2) is 74.9 Å². The molecule has 4 nitrogen and oxygen atoms in total. The Morgan fingerprint density at radius 3 is 1.84 bits per heavy atom. The van der Waals surface area contributed by atoms with E-state index in [4.69, 9.17) is 0 Å². The van der Waals surface area contributed by atoms with Gasteiger partial charge in [0.25, 0.3) is 0 Å². The van der Waals surface area contributed by atoms with Crippen LogP contribution in [0, 0.1) is 5.41 Å². The maximum Gasteiger partial charge on any atom is 0.0968 e. The van der Waals surface area contributed by atoms with Crippen LogP contribution >= 0.6 is 0 Å². The average Bonchev–Trinajstić information content (AvgIpc) is 2.62. The zero-order valence-corrected chi connectivity index (χ0v) is 17.7. The molecule has 0 N–H and O–H groups in total. The van der Waals surface area contributed by atoms with Crippen LogP contribution in [0.2, 0.25) is 0 Å². The Balaban J connectivity index is 1.44. The monoisotopic (exact) mass is 369 g/mol. The molecule has 3 heterocycles. The highest BCUT2D eigenvalue weighted by molar-refractivity contribution is 7.83. The smallest absolute Gasteiger partial charge is 0.0968 e. The van der Waals surface area contributed by atoms with Crippen molar-refractivity contribution in [2.75, 3.05) is 39.3 Å². The number of piperidine rings is 3. The molecule has 3 rings (SSSR count). The van der Waals surface area contributed by atoms with E-state index in [1.54, 1.807) is 0 Å². The highest BCUT2D eigenvalue weighted by Crippen LogP contribution is 2.42. The molecule has 5 heteroatoms. The summed E-state index contributed by atoms with van der Waals surface area (Å²) in [6.45, 7) is 16.0. The summed E-state index contributed by atoms with van der Waals surface area (Å²) in [4.78, 5) is 5.41. The molecule has 1 atom stereocenters. The molecule has 25 heavy (non-hydrogen) atoms. The SMILES string of the molecule is CC(C)N1CCC2(CC1)CCN(C1CCN(S(=O)C(C)C)CC1)CC2. The van der Waals surface area contributed by atoms with Crippen molar-refractivity contribution < 1.29 is 4.21 Å². The van der Waals surface area contributed by atoms with Crippen molar-refractivity contribution in [3.05, 3.63) is 0 Å². The number of rotatable bonds is 4. The van der Waals surface area contributed by atoms with Gasteiger partial charge >= 0.3 is 0 Å². The summed E-state index contributed by atoms with van der Waals surface area (Å²) < 4.78 is 14.5. The summed E-state index contributed by atoms with van der Waals surface area (Å²) in [6.07, 6.45) is 8.02. The second-order valence-electron chi connectivity index (χ2n) is 9.15. The Kier molecular flexibility index (Phi) is 6.62. The first-order valence-corrected chi connectivity index (χ1v) is 11.7. The molecule has 0 aliphatic carbocycles.